The Kier molecular flexibility index (Phi) is 8.89. The number of alkyl halides is 3. The molecule has 0 atom stereocenters. The van der Waals surface area contributed by atoms with Crippen molar-refractivity contribution in [1.82, 2.24) is 10.2 Å². The van der Waals surface area contributed by atoms with Gasteiger partial charge < -0.3 is 0 Å². The van der Waals surface area contributed by atoms with Gasteiger partial charge in [0.25, 0.3) is 0 Å². The first-order valence-electron chi connectivity index (χ1n) is 11.6. The zero-order valence-corrected chi connectivity index (χ0v) is 22.6. The second-order valence-corrected chi connectivity index (χ2v) is 13.7. The van der Waals surface area contributed by atoms with Crippen LogP contribution >= 0.6 is 6.98 Å². The number of nitrogens with one attached hydrogen (secondary N) is 1. The van der Waals surface area contributed by atoms with Crippen LogP contribution in [-0.2, 0) is 23.6 Å². The predicted octanol–water partition coefficient (Wildman–Crippen LogP) is 4.33. The van der Waals surface area contributed by atoms with Crippen molar-refractivity contribution in [3.63, 3.8) is 0 Å². The van der Waals surface area contributed by atoms with Gasteiger partial charge in [-0.05, 0) is 0 Å². The number of halogens is 3. The number of rotatable bonds is 8. The first-order chi connectivity index (χ1) is 18.4. The van der Waals surface area contributed by atoms with Crippen LogP contribution < -0.4 is 21.3 Å². The van der Waals surface area contributed by atoms with Crippen molar-refractivity contribution in [3.05, 3.63) is 91.0 Å². The van der Waals surface area contributed by atoms with E-state index < -0.39 is 34.8 Å². The maximum absolute atomic E-state index is 14.1. The molecule has 0 radical (unpaired) electrons. The van der Waals surface area contributed by atoms with Gasteiger partial charge in [0.15, 0.2) is 0 Å². The average molecular weight is 587 g/mol. The van der Waals surface area contributed by atoms with E-state index in [9.17, 15) is 31.2 Å². The van der Waals surface area contributed by atoms with E-state index in [-0.39, 0.29) is 29.1 Å². The van der Waals surface area contributed by atoms with Gasteiger partial charge in [-0.2, -0.15) is 0 Å². The minimum atomic E-state index is -6.48. The molecular weight excluding hydrogens is 560 g/mol. The van der Waals surface area contributed by atoms with Crippen molar-refractivity contribution >= 4 is 45.2 Å². The molecule has 0 unspecified atom stereocenters. The van der Waals surface area contributed by atoms with Crippen molar-refractivity contribution in [2.45, 2.75) is 19.4 Å². The van der Waals surface area contributed by atoms with Crippen molar-refractivity contribution in [1.29, 1.82) is 0 Å². The van der Waals surface area contributed by atoms with Gasteiger partial charge in [0.1, 0.15) is 0 Å². The van der Waals surface area contributed by atoms with E-state index in [1.807, 2.05) is 0 Å². The van der Waals surface area contributed by atoms with E-state index in [0.29, 0.717) is 4.78 Å². The zero-order valence-electron chi connectivity index (χ0n) is 20.9. The Morgan fingerprint density at radius 1 is 0.769 bits per heavy atom. The Morgan fingerprint density at radius 3 is 1.49 bits per heavy atom. The SMILES string of the molecule is CCOC(=O)NN(C(=O)OCC)P(OS(=O)(=O)C(F)(F)F)(c1ccccc1)(c1ccccc1)c1ccccc1. The van der Waals surface area contributed by atoms with Crippen molar-refractivity contribution < 1.29 is 44.6 Å². The summed E-state index contributed by atoms with van der Waals surface area (Å²) < 4.78 is 84.5. The van der Waals surface area contributed by atoms with Gasteiger partial charge in [-0.1, -0.05) is 0 Å². The Labute approximate surface area is 223 Å². The Morgan fingerprint density at radius 2 is 1.15 bits per heavy atom. The van der Waals surface area contributed by atoms with E-state index in [1.165, 1.54) is 105 Å². The third-order valence-corrected chi connectivity index (χ3v) is 12.8. The number of carbonyl (C=O) groups is 2. The first kappa shape index (κ1) is 29.9. The van der Waals surface area contributed by atoms with Gasteiger partial charge in [-0.25, -0.2) is 0 Å². The molecule has 0 saturated heterocycles. The number of hydrogen-bond acceptors (Lipinski definition) is 7. The maximum atomic E-state index is 14.1. The minimum absolute atomic E-state index is 0.168. The molecule has 0 aliphatic heterocycles. The summed E-state index contributed by atoms with van der Waals surface area (Å²) in [6.45, 7) is -3.52. The third-order valence-electron chi connectivity index (χ3n) is 5.53. The molecule has 14 heteroatoms. The second kappa shape index (κ2) is 11.6. The molecule has 39 heavy (non-hydrogen) atoms. The summed E-state index contributed by atoms with van der Waals surface area (Å²) in [6.07, 6.45) is -2.66. The van der Waals surface area contributed by atoms with Gasteiger partial charge in [-0.3, -0.25) is 0 Å². The quantitative estimate of drug-likeness (QED) is 0.238. The molecule has 1 N–H and O–H groups in total. The average Bonchev–Trinajstić information content (AvgIpc) is 2.92. The van der Waals surface area contributed by atoms with Crippen LogP contribution in [0.2, 0.25) is 0 Å². The van der Waals surface area contributed by atoms with Gasteiger partial charge in [-0.15, -0.1) is 0 Å². The van der Waals surface area contributed by atoms with Crippen LogP contribution in [0.25, 0.3) is 0 Å². The van der Waals surface area contributed by atoms with Crippen molar-refractivity contribution in [2.24, 2.45) is 0 Å². The molecule has 9 nitrogen and oxygen atoms in total. The molecule has 3 aromatic rings. The molecule has 2 amide bonds. The van der Waals surface area contributed by atoms with Gasteiger partial charge >= 0.3 is 224 Å². The first-order valence-corrected chi connectivity index (χ1v) is 15.1. The summed E-state index contributed by atoms with van der Waals surface area (Å²) in [5.74, 6) is 0. The molecule has 210 valence electrons. The van der Waals surface area contributed by atoms with Gasteiger partial charge in [0.05, 0.1) is 0 Å². The number of hydrazine groups is 1. The third kappa shape index (κ3) is 5.29. The molecule has 3 aromatic carbocycles. The fourth-order valence-corrected chi connectivity index (χ4v) is 11.6. The number of amides is 2. The summed E-state index contributed by atoms with van der Waals surface area (Å²) in [5.41, 5.74) is -3.77. The van der Waals surface area contributed by atoms with Crippen LogP contribution in [0.4, 0.5) is 22.8 Å². The molecule has 0 bridgehead atoms. The molecule has 0 aliphatic rings. The monoisotopic (exact) mass is 586 g/mol. The Bertz CT molecular complexity index is 1290. The second-order valence-electron chi connectivity index (χ2n) is 7.81. The molecular formula is C25H26F3N2O7PS. The number of ether oxygens (including phenoxy) is 2. The number of benzene rings is 3. The fraction of sp³-hybridized carbons (Fsp3) is 0.200. The van der Waals surface area contributed by atoms with Gasteiger partial charge in [0, 0.05) is 0 Å². The van der Waals surface area contributed by atoms with Crippen LogP contribution in [0.3, 0.4) is 0 Å². The van der Waals surface area contributed by atoms with Crippen LogP contribution in [0.1, 0.15) is 13.8 Å². The Balaban J connectivity index is 2.71. The van der Waals surface area contributed by atoms with Crippen molar-refractivity contribution in [2.75, 3.05) is 13.2 Å². The number of hydrogen-bond donors (Lipinski definition) is 1. The van der Waals surface area contributed by atoms with Crippen molar-refractivity contribution in [3.8, 4) is 0 Å². The topological polar surface area (TPSA) is 111 Å². The van der Waals surface area contributed by atoms with E-state index >= 15 is 0 Å². The van der Waals surface area contributed by atoms with E-state index in [1.54, 1.807) is 0 Å². The Hall–Kier alpha value is -3.67. The number of nitrogens with zero attached hydrogens (tertiary/aromatic N) is 1. The molecule has 0 aliphatic carbocycles. The molecule has 3 rings (SSSR count). The zero-order chi connectivity index (χ0) is 28.8. The number of carbonyl (C=O) groups excluding carboxylic acids is 2. The molecule has 0 saturated carbocycles. The van der Waals surface area contributed by atoms with E-state index in [0.717, 1.165) is 0 Å². The summed E-state index contributed by atoms with van der Waals surface area (Å²) in [4.78, 5) is 26.5. The fourth-order valence-electron chi connectivity index (χ4n) is 4.03. The van der Waals surface area contributed by atoms with Gasteiger partial charge in [0.2, 0.25) is 0 Å². The predicted molar refractivity (Wildman–Crippen MR) is 140 cm³/mol. The summed E-state index contributed by atoms with van der Waals surface area (Å²) >= 11 is 0. The molecule has 0 spiro atoms. The summed E-state index contributed by atoms with van der Waals surface area (Å²) in [7, 11) is -6.48. The molecule has 0 aromatic heterocycles. The molecule has 0 heterocycles. The van der Waals surface area contributed by atoms with E-state index in [2.05, 4.69) is 5.43 Å². The van der Waals surface area contributed by atoms with Crippen LogP contribution in [0.5, 0.6) is 0 Å². The van der Waals surface area contributed by atoms with E-state index in [4.69, 9.17) is 13.4 Å². The standard InChI is InChI=1S/C25H26F3N2O7PS/c1-3-35-23(31)29-30(24(32)36-4-2)38(20-14-8-5-9-15-20,21-16-10-6-11-17-21,22-18-12-7-13-19-22)37-39(33,34)25(26,27)28/h5-19H,3-4H2,1-2H3,(H,29,31). The summed E-state index contributed by atoms with van der Waals surface area (Å²) in [5, 5.41) is -0.504. The van der Waals surface area contributed by atoms with Crippen LogP contribution in [0, 0.1) is 0 Å². The molecule has 0 fully saturated rings. The van der Waals surface area contributed by atoms with Crippen LogP contribution in [0.15, 0.2) is 91.0 Å². The van der Waals surface area contributed by atoms with Crippen LogP contribution in [-0.4, -0.2) is 44.1 Å². The summed E-state index contributed by atoms with van der Waals surface area (Å²) in [6, 6.07) is 21.0. The normalized spacial score (nSPS) is 13.0.